The highest BCUT2D eigenvalue weighted by atomic mass is 19.4. The summed E-state index contributed by atoms with van der Waals surface area (Å²) in [6, 6.07) is 11.0. The molecular formula is C17H13F3O3. The molecule has 1 aliphatic heterocycles. The summed E-state index contributed by atoms with van der Waals surface area (Å²) in [5.41, 5.74) is 1.70. The zero-order chi connectivity index (χ0) is 16.6. The summed E-state index contributed by atoms with van der Waals surface area (Å²) < 4.78 is 45.0. The van der Waals surface area contributed by atoms with Crippen LogP contribution in [0.2, 0.25) is 0 Å². The molecule has 3 rings (SSSR count). The molecule has 2 aromatic rings. The van der Waals surface area contributed by atoms with Crippen molar-refractivity contribution >= 4 is 5.97 Å². The normalized spacial score (nSPS) is 16.2. The highest BCUT2D eigenvalue weighted by molar-refractivity contribution is 5.79. The van der Waals surface area contributed by atoms with E-state index in [1.807, 2.05) is 0 Å². The lowest BCUT2D eigenvalue weighted by molar-refractivity contribution is -0.198. The van der Waals surface area contributed by atoms with E-state index in [-0.39, 0.29) is 24.2 Å². The van der Waals surface area contributed by atoms with Gasteiger partial charge in [0, 0.05) is 17.5 Å². The summed E-state index contributed by atoms with van der Waals surface area (Å²) in [7, 11) is 0. The van der Waals surface area contributed by atoms with Gasteiger partial charge < -0.3 is 9.84 Å². The molecule has 1 aliphatic rings. The van der Waals surface area contributed by atoms with Crippen molar-refractivity contribution in [2.45, 2.75) is 25.1 Å². The molecule has 0 aromatic heterocycles. The number of aryl methyl sites for hydroxylation is 1. The van der Waals surface area contributed by atoms with Gasteiger partial charge in [0.25, 0.3) is 0 Å². The molecule has 0 aliphatic carbocycles. The van der Waals surface area contributed by atoms with Gasteiger partial charge in [0.2, 0.25) is 6.10 Å². The number of ether oxygens (including phenoxy) is 1. The SMILES string of the molecule is O=C(O)CCc1cccc2c1-c1ccccc1C(C(F)(F)F)O2. The van der Waals surface area contributed by atoms with Crippen LogP contribution in [0.4, 0.5) is 13.2 Å². The topological polar surface area (TPSA) is 46.5 Å². The number of fused-ring (bicyclic) bond motifs is 3. The highest BCUT2D eigenvalue weighted by Crippen LogP contribution is 2.49. The van der Waals surface area contributed by atoms with Gasteiger partial charge in [-0.1, -0.05) is 36.4 Å². The Labute approximate surface area is 130 Å². The van der Waals surface area contributed by atoms with Crippen molar-refractivity contribution in [1.82, 2.24) is 0 Å². The van der Waals surface area contributed by atoms with Gasteiger partial charge in [-0.25, -0.2) is 0 Å². The van der Waals surface area contributed by atoms with Gasteiger partial charge >= 0.3 is 12.1 Å². The van der Waals surface area contributed by atoms with Crippen molar-refractivity contribution in [2.24, 2.45) is 0 Å². The first-order chi connectivity index (χ1) is 10.9. The van der Waals surface area contributed by atoms with Crippen molar-refractivity contribution in [1.29, 1.82) is 0 Å². The quantitative estimate of drug-likeness (QED) is 0.913. The minimum Gasteiger partial charge on any atom is -0.481 e. The van der Waals surface area contributed by atoms with Crippen LogP contribution in [0.5, 0.6) is 5.75 Å². The fourth-order valence-electron chi connectivity index (χ4n) is 2.82. The number of carbonyl (C=O) groups is 1. The van der Waals surface area contributed by atoms with Crippen molar-refractivity contribution in [3.8, 4) is 16.9 Å². The minimum absolute atomic E-state index is 0.0512. The molecule has 0 radical (unpaired) electrons. The van der Waals surface area contributed by atoms with Crippen LogP contribution in [0.15, 0.2) is 42.5 Å². The first-order valence-electron chi connectivity index (χ1n) is 7.04. The van der Waals surface area contributed by atoms with Crippen LogP contribution in [0, 0.1) is 0 Å². The summed E-state index contributed by atoms with van der Waals surface area (Å²) in [6.45, 7) is 0. The van der Waals surface area contributed by atoms with Gasteiger partial charge in [-0.3, -0.25) is 4.79 Å². The Morgan fingerprint density at radius 2 is 1.87 bits per heavy atom. The van der Waals surface area contributed by atoms with Crippen molar-refractivity contribution < 1.29 is 27.8 Å². The van der Waals surface area contributed by atoms with E-state index >= 15 is 0 Å². The number of benzene rings is 2. The molecule has 0 amide bonds. The van der Waals surface area contributed by atoms with Crippen LogP contribution in [-0.2, 0) is 11.2 Å². The van der Waals surface area contributed by atoms with E-state index in [4.69, 9.17) is 9.84 Å². The number of hydrogen-bond donors (Lipinski definition) is 1. The second-order valence-corrected chi connectivity index (χ2v) is 5.31. The van der Waals surface area contributed by atoms with E-state index in [2.05, 4.69) is 0 Å². The Morgan fingerprint density at radius 1 is 1.13 bits per heavy atom. The average molecular weight is 322 g/mol. The second kappa shape index (κ2) is 5.61. The van der Waals surface area contributed by atoms with Crippen molar-refractivity contribution in [2.75, 3.05) is 0 Å². The molecule has 1 atom stereocenters. The molecule has 1 heterocycles. The fourth-order valence-corrected chi connectivity index (χ4v) is 2.82. The Balaban J connectivity index is 2.13. The third-order valence-corrected chi connectivity index (χ3v) is 3.78. The molecule has 0 bridgehead atoms. The number of aliphatic carboxylic acids is 1. The number of halogens is 3. The molecule has 120 valence electrons. The maximum Gasteiger partial charge on any atom is 0.429 e. The van der Waals surface area contributed by atoms with Gasteiger partial charge in [-0.15, -0.1) is 0 Å². The predicted octanol–water partition coefficient (Wildman–Crippen LogP) is 4.37. The fraction of sp³-hybridized carbons (Fsp3) is 0.235. The van der Waals surface area contributed by atoms with E-state index in [0.717, 1.165) is 0 Å². The third-order valence-electron chi connectivity index (χ3n) is 3.78. The zero-order valence-corrected chi connectivity index (χ0v) is 11.9. The lowest BCUT2D eigenvalue weighted by Gasteiger charge is -2.31. The number of hydrogen-bond acceptors (Lipinski definition) is 2. The van der Waals surface area contributed by atoms with Crippen molar-refractivity contribution in [3.63, 3.8) is 0 Å². The average Bonchev–Trinajstić information content (AvgIpc) is 2.50. The highest BCUT2D eigenvalue weighted by Gasteiger charge is 2.46. The molecular weight excluding hydrogens is 309 g/mol. The van der Waals surface area contributed by atoms with Crippen LogP contribution in [0.1, 0.15) is 23.7 Å². The van der Waals surface area contributed by atoms with Crippen LogP contribution >= 0.6 is 0 Å². The monoisotopic (exact) mass is 322 g/mol. The van der Waals surface area contributed by atoms with Crippen LogP contribution in [-0.4, -0.2) is 17.3 Å². The van der Waals surface area contributed by atoms with E-state index in [1.54, 1.807) is 24.3 Å². The second-order valence-electron chi connectivity index (χ2n) is 5.31. The predicted molar refractivity (Wildman–Crippen MR) is 77.3 cm³/mol. The maximum atomic E-state index is 13.3. The largest absolute Gasteiger partial charge is 0.481 e. The molecule has 1 unspecified atom stereocenters. The Morgan fingerprint density at radius 3 is 2.57 bits per heavy atom. The summed E-state index contributed by atoms with van der Waals surface area (Å²) >= 11 is 0. The molecule has 0 saturated heterocycles. The van der Waals surface area contributed by atoms with Gasteiger partial charge in [-0.2, -0.15) is 13.2 Å². The van der Waals surface area contributed by atoms with Gasteiger partial charge in [0.05, 0.1) is 0 Å². The molecule has 0 fully saturated rings. The van der Waals surface area contributed by atoms with Crippen molar-refractivity contribution in [3.05, 3.63) is 53.6 Å². The Hall–Kier alpha value is -2.50. The molecule has 2 aromatic carbocycles. The zero-order valence-electron chi connectivity index (χ0n) is 11.9. The van der Waals surface area contributed by atoms with Crippen LogP contribution < -0.4 is 4.74 Å². The van der Waals surface area contributed by atoms with E-state index in [1.165, 1.54) is 18.2 Å². The summed E-state index contributed by atoms with van der Waals surface area (Å²) in [5.74, 6) is -0.824. The molecule has 0 saturated carbocycles. The minimum atomic E-state index is -4.52. The maximum absolute atomic E-state index is 13.3. The summed E-state index contributed by atoms with van der Waals surface area (Å²) in [5, 5.41) is 8.84. The molecule has 3 nitrogen and oxygen atoms in total. The standard InChI is InChI=1S/C17H13F3O3/c18-17(19,20)16-12-6-2-1-5-11(12)15-10(8-9-14(21)22)4-3-7-13(15)23-16/h1-7,16H,8-9H2,(H,21,22). The molecule has 0 spiro atoms. The number of alkyl halides is 3. The Bertz CT molecular complexity index is 753. The number of rotatable bonds is 3. The number of carboxylic acid groups (broad SMARTS) is 1. The summed E-state index contributed by atoms with van der Waals surface area (Å²) in [6.07, 6.45) is -6.40. The smallest absolute Gasteiger partial charge is 0.429 e. The Kier molecular flexibility index (Phi) is 3.75. The molecule has 23 heavy (non-hydrogen) atoms. The van der Waals surface area contributed by atoms with Crippen LogP contribution in [0.25, 0.3) is 11.1 Å². The van der Waals surface area contributed by atoms with E-state index in [9.17, 15) is 18.0 Å². The van der Waals surface area contributed by atoms with Gasteiger partial charge in [-0.05, 0) is 23.6 Å². The van der Waals surface area contributed by atoms with E-state index < -0.39 is 18.2 Å². The van der Waals surface area contributed by atoms with E-state index in [0.29, 0.717) is 16.7 Å². The lowest BCUT2D eigenvalue weighted by atomic mass is 9.88. The molecule has 1 N–H and O–H groups in total. The van der Waals surface area contributed by atoms with Crippen LogP contribution in [0.3, 0.4) is 0 Å². The lowest BCUT2D eigenvalue weighted by Crippen LogP contribution is -2.29. The van der Waals surface area contributed by atoms with Gasteiger partial charge in [0.1, 0.15) is 5.75 Å². The first kappa shape index (κ1) is 15.4. The summed E-state index contributed by atoms with van der Waals surface area (Å²) in [4.78, 5) is 10.8. The third kappa shape index (κ3) is 2.88. The first-order valence-corrected chi connectivity index (χ1v) is 7.04. The number of carboxylic acids is 1. The molecule has 6 heteroatoms. The van der Waals surface area contributed by atoms with Gasteiger partial charge in [0.15, 0.2) is 0 Å².